The molecule has 0 heterocycles. The van der Waals surface area contributed by atoms with Crippen LogP contribution in [0.15, 0.2) is 24.3 Å². The molecule has 0 unspecified atom stereocenters. The first kappa shape index (κ1) is 17.4. The molecule has 0 aromatic carbocycles. The molecule has 0 aromatic rings. The maximum atomic E-state index is 5.19. The highest BCUT2D eigenvalue weighted by atomic mass is 16.7. The van der Waals surface area contributed by atoms with Crippen molar-refractivity contribution < 1.29 is 9.47 Å². The van der Waals surface area contributed by atoms with Crippen LogP contribution in [0.5, 0.6) is 0 Å². The van der Waals surface area contributed by atoms with Crippen LogP contribution in [-0.2, 0) is 9.47 Å². The van der Waals surface area contributed by atoms with Gasteiger partial charge in [0.2, 0.25) is 0 Å². The molecule has 0 aliphatic rings. The zero-order valence-corrected chi connectivity index (χ0v) is 12.2. The van der Waals surface area contributed by atoms with E-state index in [1.165, 1.54) is 44.9 Å². The normalized spacial score (nSPS) is 11.9. The van der Waals surface area contributed by atoms with Gasteiger partial charge in [0.25, 0.3) is 0 Å². The first-order valence-electron chi connectivity index (χ1n) is 7.28. The van der Waals surface area contributed by atoms with Crippen LogP contribution in [0.3, 0.4) is 0 Å². The van der Waals surface area contributed by atoms with Gasteiger partial charge in [0.15, 0.2) is 0 Å². The summed E-state index contributed by atoms with van der Waals surface area (Å²) in [6.45, 7) is 3.40. The van der Waals surface area contributed by atoms with E-state index < -0.39 is 0 Å². The lowest BCUT2D eigenvalue weighted by Crippen LogP contribution is -1.96. The Balaban J connectivity index is 3.12. The average Bonchev–Trinajstić information content (AvgIpc) is 2.39. The van der Waals surface area contributed by atoms with E-state index in [-0.39, 0.29) is 0 Å². The zero-order valence-electron chi connectivity index (χ0n) is 12.2. The van der Waals surface area contributed by atoms with Crippen molar-refractivity contribution in [2.75, 3.05) is 20.5 Å². The number of ether oxygens (including phenoxy) is 2. The highest BCUT2D eigenvalue weighted by Crippen LogP contribution is 2.03. The summed E-state index contributed by atoms with van der Waals surface area (Å²) in [6, 6.07) is 0. The molecule has 0 saturated heterocycles. The summed E-state index contributed by atoms with van der Waals surface area (Å²) < 4.78 is 9.98. The van der Waals surface area contributed by atoms with Crippen molar-refractivity contribution in [3.05, 3.63) is 24.3 Å². The second-order valence-corrected chi connectivity index (χ2v) is 4.47. The van der Waals surface area contributed by atoms with E-state index in [9.17, 15) is 0 Å². The van der Waals surface area contributed by atoms with Gasteiger partial charge in [-0.05, 0) is 38.5 Å². The highest BCUT2D eigenvalue weighted by molar-refractivity contribution is 4.85. The van der Waals surface area contributed by atoms with Crippen LogP contribution in [0, 0.1) is 0 Å². The second kappa shape index (κ2) is 16.4. The average molecular weight is 254 g/mol. The van der Waals surface area contributed by atoms with Gasteiger partial charge in [0, 0.05) is 7.11 Å². The smallest absolute Gasteiger partial charge is 0.146 e. The molecule has 0 saturated carbocycles. The van der Waals surface area contributed by atoms with Crippen LogP contribution in [0.1, 0.15) is 58.3 Å². The summed E-state index contributed by atoms with van der Waals surface area (Å²) in [5.74, 6) is 0. The maximum absolute atomic E-state index is 5.19. The largest absolute Gasteiger partial charge is 0.359 e. The van der Waals surface area contributed by atoms with Gasteiger partial charge >= 0.3 is 0 Å². The van der Waals surface area contributed by atoms with Gasteiger partial charge in [-0.2, -0.15) is 0 Å². The Morgan fingerprint density at radius 1 is 0.778 bits per heavy atom. The van der Waals surface area contributed by atoms with Crippen LogP contribution < -0.4 is 0 Å². The summed E-state index contributed by atoms with van der Waals surface area (Å²) in [7, 11) is 1.64. The monoisotopic (exact) mass is 254 g/mol. The number of allylic oxidation sites excluding steroid dienone is 3. The minimum atomic E-state index is 0.399. The molecule has 0 rings (SSSR count). The van der Waals surface area contributed by atoms with E-state index in [0.717, 1.165) is 13.0 Å². The number of hydrogen-bond acceptors (Lipinski definition) is 2. The topological polar surface area (TPSA) is 18.5 Å². The van der Waals surface area contributed by atoms with Gasteiger partial charge in [-0.1, -0.05) is 44.1 Å². The molecule has 0 radical (unpaired) electrons. The second-order valence-electron chi connectivity index (χ2n) is 4.47. The third-order valence-electron chi connectivity index (χ3n) is 2.68. The lowest BCUT2D eigenvalue weighted by atomic mass is 10.1. The van der Waals surface area contributed by atoms with E-state index >= 15 is 0 Å². The van der Waals surface area contributed by atoms with Crippen molar-refractivity contribution in [1.29, 1.82) is 0 Å². The Morgan fingerprint density at radius 3 is 2.00 bits per heavy atom. The minimum Gasteiger partial charge on any atom is -0.359 e. The number of unbranched alkanes of at least 4 members (excludes halogenated alkanes) is 5. The summed E-state index contributed by atoms with van der Waals surface area (Å²) in [4.78, 5) is 0. The van der Waals surface area contributed by atoms with Gasteiger partial charge in [0.1, 0.15) is 6.79 Å². The Morgan fingerprint density at radius 2 is 1.39 bits per heavy atom. The summed E-state index contributed by atoms with van der Waals surface area (Å²) >= 11 is 0. The molecule has 0 fully saturated rings. The Kier molecular flexibility index (Phi) is 15.9. The predicted octanol–water partition coefficient (Wildman–Crippen LogP) is 4.86. The van der Waals surface area contributed by atoms with Crippen molar-refractivity contribution in [2.45, 2.75) is 58.3 Å². The van der Waals surface area contributed by atoms with Crippen LogP contribution in [0.4, 0.5) is 0 Å². The Bertz CT molecular complexity index is 197. The Labute approximate surface area is 113 Å². The fourth-order valence-electron chi connectivity index (χ4n) is 1.63. The molecule has 0 N–H and O–H groups in total. The van der Waals surface area contributed by atoms with E-state index in [4.69, 9.17) is 9.47 Å². The van der Waals surface area contributed by atoms with Gasteiger partial charge in [-0.3, -0.25) is 0 Å². The fourth-order valence-corrected chi connectivity index (χ4v) is 1.63. The SMILES string of the molecule is CCCCC/C=C\CCC/C=C/CCOCOC. The van der Waals surface area contributed by atoms with E-state index in [1.807, 2.05) is 0 Å². The molecule has 0 aliphatic carbocycles. The maximum Gasteiger partial charge on any atom is 0.146 e. The standard InChI is InChI=1S/C16H30O2/c1-3-4-5-6-7-8-9-10-11-12-13-14-15-18-16-17-2/h7-8,12-13H,3-6,9-11,14-16H2,1-2H3/b8-7-,13-12+. The molecule has 18 heavy (non-hydrogen) atoms. The Hall–Kier alpha value is -0.600. The first-order valence-corrected chi connectivity index (χ1v) is 7.28. The third kappa shape index (κ3) is 15.4. The molecule has 2 nitrogen and oxygen atoms in total. The molecule has 0 spiro atoms. The first-order chi connectivity index (χ1) is 8.91. The van der Waals surface area contributed by atoms with Crippen LogP contribution in [-0.4, -0.2) is 20.5 Å². The third-order valence-corrected chi connectivity index (χ3v) is 2.68. The molecule has 0 bridgehead atoms. The summed E-state index contributed by atoms with van der Waals surface area (Å²) in [6.07, 6.45) is 19.0. The molecule has 0 aromatic heterocycles. The molecular weight excluding hydrogens is 224 g/mol. The van der Waals surface area contributed by atoms with Gasteiger partial charge in [0.05, 0.1) is 6.61 Å². The lowest BCUT2D eigenvalue weighted by Gasteiger charge is -1.98. The van der Waals surface area contributed by atoms with Crippen molar-refractivity contribution in [3.8, 4) is 0 Å². The lowest BCUT2D eigenvalue weighted by molar-refractivity contribution is -0.0285. The fraction of sp³-hybridized carbons (Fsp3) is 0.750. The van der Waals surface area contributed by atoms with Gasteiger partial charge in [-0.15, -0.1) is 0 Å². The van der Waals surface area contributed by atoms with Crippen LogP contribution in [0.25, 0.3) is 0 Å². The zero-order chi connectivity index (χ0) is 13.3. The molecule has 2 heteroatoms. The number of rotatable bonds is 13. The highest BCUT2D eigenvalue weighted by Gasteiger charge is 1.85. The van der Waals surface area contributed by atoms with Gasteiger partial charge in [-0.25, -0.2) is 0 Å². The van der Waals surface area contributed by atoms with Crippen molar-refractivity contribution in [1.82, 2.24) is 0 Å². The van der Waals surface area contributed by atoms with Crippen molar-refractivity contribution in [3.63, 3.8) is 0 Å². The van der Waals surface area contributed by atoms with Gasteiger partial charge < -0.3 is 9.47 Å². The number of methoxy groups -OCH3 is 1. The van der Waals surface area contributed by atoms with E-state index in [2.05, 4.69) is 31.2 Å². The van der Waals surface area contributed by atoms with E-state index in [0.29, 0.717) is 6.79 Å². The van der Waals surface area contributed by atoms with E-state index in [1.54, 1.807) is 7.11 Å². The molecular formula is C16H30O2. The molecule has 106 valence electrons. The quantitative estimate of drug-likeness (QED) is 0.265. The van der Waals surface area contributed by atoms with Crippen LogP contribution >= 0.6 is 0 Å². The minimum absolute atomic E-state index is 0.399. The van der Waals surface area contributed by atoms with Crippen molar-refractivity contribution >= 4 is 0 Å². The van der Waals surface area contributed by atoms with Crippen LogP contribution in [0.2, 0.25) is 0 Å². The summed E-state index contributed by atoms with van der Waals surface area (Å²) in [5, 5.41) is 0. The summed E-state index contributed by atoms with van der Waals surface area (Å²) in [5.41, 5.74) is 0. The van der Waals surface area contributed by atoms with Crippen molar-refractivity contribution in [2.24, 2.45) is 0 Å². The molecule has 0 amide bonds. The molecule has 0 aliphatic heterocycles. The molecule has 0 atom stereocenters. The number of hydrogen-bond donors (Lipinski definition) is 0. The predicted molar refractivity (Wildman–Crippen MR) is 78.7 cm³/mol.